The van der Waals surface area contributed by atoms with Crippen LogP contribution in [0, 0.1) is 0 Å². The quantitative estimate of drug-likeness (QED) is 0.164. The maximum Gasteiger partial charge on any atom is 0.340 e. The standard InChI is InChI=1S/C36H35O3P/c1-29(30-19-9-4-10-20-30)40(37,38-35(2,31-21-11-5-12-22-31)32-23-13-6-14-24-32)39-36(3,33-25-15-7-16-26-33)34-27-17-8-18-28-34/h4-29H,1-3H3. The van der Waals surface area contributed by atoms with E-state index in [-0.39, 0.29) is 0 Å². The zero-order chi connectivity index (χ0) is 28.1. The molecule has 0 heterocycles. The molecule has 3 nitrogen and oxygen atoms in total. The van der Waals surface area contributed by atoms with Crippen molar-refractivity contribution in [1.29, 1.82) is 0 Å². The minimum atomic E-state index is -3.94. The van der Waals surface area contributed by atoms with E-state index >= 15 is 4.57 Å². The lowest BCUT2D eigenvalue weighted by atomic mass is 9.88. The highest BCUT2D eigenvalue weighted by molar-refractivity contribution is 7.54. The lowest BCUT2D eigenvalue weighted by molar-refractivity contribution is 0.0446. The van der Waals surface area contributed by atoms with Crippen molar-refractivity contribution in [2.75, 3.05) is 0 Å². The minimum absolute atomic E-state index is 0.549. The van der Waals surface area contributed by atoms with Gasteiger partial charge in [-0.05, 0) is 48.6 Å². The van der Waals surface area contributed by atoms with Gasteiger partial charge in [0, 0.05) is 0 Å². The van der Waals surface area contributed by atoms with E-state index < -0.39 is 24.5 Å². The molecule has 0 N–H and O–H groups in total. The van der Waals surface area contributed by atoms with Crippen molar-refractivity contribution in [1.82, 2.24) is 0 Å². The van der Waals surface area contributed by atoms with Gasteiger partial charge in [-0.2, -0.15) is 0 Å². The second-order valence-corrected chi connectivity index (χ2v) is 12.6. The van der Waals surface area contributed by atoms with E-state index in [1.807, 2.05) is 172 Å². The molecule has 5 rings (SSSR count). The van der Waals surface area contributed by atoms with Gasteiger partial charge in [-0.25, -0.2) is 0 Å². The van der Waals surface area contributed by atoms with Crippen molar-refractivity contribution < 1.29 is 13.6 Å². The molecular formula is C36H35O3P. The van der Waals surface area contributed by atoms with Crippen LogP contribution < -0.4 is 0 Å². The summed E-state index contributed by atoms with van der Waals surface area (Å²) in [6, 6.07) is 49.6. The van der Waals surface area contributed by atoms with Gasteiger partial charge in [0.2, 0.25) is 0 Å². The molecule has 4 heteroatoms. The SMILES string of the molecule is CC(c1ccccc1)P(=O)(OC(C)(c1ccccc1)c1ccccc1)OC(C)(c1ccccc1)c1ccccc1. The van der Waals surface area contributed by atoms with Gasteiger partial charge < -0.3 is 0 Å². The van der Waals surface area contributed by atoms with E-state index in [9.17, 15) is 0 Å². The van der Waals surface area contributed by atoms with Crippen LogP contribution in [0.25, 0.3) is 0 Å². The highest BCUT2D eigenvalue weighted by Crippen LogP contribution is 2.68. The van der Waals surface area contributed by atoms with E-state index in [0.29, 0.717) is 0 Å². The molecule has 202 valence electrons. The molecule has 0 fully saturated rings. The lowest BCUT2D eigenvalue weighted by Crippen LogP contribution is -2.32. The molecule has 0 aromatic heterocycles. The largest absolute Gasteiger partial charge is 0.340 e. The van der Waals surface area contributed by atoms with E-state index in [2.05, 4.69) is 0 Å². The van der Waals surface area contributed by atoms with E-state index in [1.165, 1.54) is 0 Å². The molecule has 0 bridgehead atoms. The summed E-state index contributed by atoms with van der Waals surface area (Å²) in [5, 5.41) is 0. The zero-order valence-corrected chi connectivity index (χ0v) is 24.1. The summed E-state index contributed by atoms with van der Waals surface area (Å²) < 4.78 is 29.6. The Morgan fingerprint density at radius 1 is 0.475 bits per heavy atom. The van der Waals surface area contributed by atoms with Crippen LogP contribution >= 0.6 is 7.60 Å². The molecule has 1 atom stereocenters. The molecular weight excluding hydrogens is 511 g/mol. The molecule has 1 unspecified atom stereocenters. The highest BCUT2D eigenvalue weighted by Gasteiger charge is 2.48. The minimum Gasteiger partial charge on any atom is -0.292 e. The molecule has 0 aliphatic rings. The van der Waals surface area contributed by atoms with Crippen molar-refractivity contribution in [3.8, 4) is 0 Å². The topological polar surface area (TPSA) is 35.5 Å². The molecule has 0 aliphatic heterocycles. The predicted octanol–water partition coefficient (Wildman–Crippen LogP) is 9.90. The first-order valence-corrected chi connectivity index (χ1v) is 15.2. The third kappa shape index (κ3) is 5.60. The Hall–Kier alpha value is -3.75. The monoisotopic (exact) mass is 546 g/mol. The Morgan fingerprint density at radius 2 is 0.725 bits per heavy atom. The summed E-state index contributed by atoms with van der Waals surface area (Å²) in [6.45, 7) is 5.89. The summed E-state index contributed by atoms with van der Waals surface area (Å²) >= 11 is 0. The summed E-state index contributed by atoms with van der Waals surface area (Å²) in [7, 11) is -3.94. The third-order valence-electron chi connectivity index (χ3n) is 7.67. The van der Waals surface area contributed by atoms with Crippen LogP contribution in [0.1, 0.15) is 54.2 Å². The highest BCUT2D eigenvalue weighted by atomic mass is 31.2. The maximum absolute atomic E-state index is 15.6. The molecule has 5 aromatic rings. The van der Waals surface area contributed by atoms with Crippen molar-refractivity contribution in [2.45, 2.75) is 37.6 Å². The first kappa shape index (κ1) is 27.8. The Bertz CT molecular complexity index is 1370. The van der Waals surface area contributed by atoms with Gasteiger partial charge in [-0.1, -0.05) is 152 Å². The number of benzene rings is 5. The van der Waals surface area contributed by atoms with Crippen molar-refractivity contribution in [2.24, 2.45) is 0 Å². The second kappa shape index (κ2) is 11.8. The molecule has 5 aromatic carbocycles. The van der Waals surface area contributed by atoms with Gasteiger partial charge in [0.1, 0.15) is 11.2 Å². The predicted molar refractivity (Wildman–Crippen MR) is 163 cm³/mol. The van der Waals surface area contributed by atoms with Crippen LogP contribution in [-0.2, 0) is 24.8 Å². The summed E-state index contributed by atoms with van der Waals surface area (Å²) in [5.41, 5.74) is 1.82. The second-order valence-electron chi connectivity index (χ2n) is 10.3. The van der Waals surface area contributed by atoms with Crippen molar-refractivity contribution >= 4 is 7.60 Å². The fraction of sp³-hybridized carbons (Fsp3) is 0.167. The Morgan fingerprint density at radius 3 is 1.00 bits per heavy atom. The zero-order valence-electron chi connectivity index (χ0n) is 23.2. The molecule has 0 amide bonds. The van der Waals surface area contributed by atoms with Crippen LogP contribution in [0.3, 0.4) is 0 Å². The molecule has 0 radical (unpaired) electrons. The molecule has 40 heavy (non-hydrogen) atoms. The van der Waals surface area contributed by atoms with Gasteiger partial charge >= 0.3 is 7.60 Å². The first-order valence-electron chi connectivity index (χ1n) is 13.6. The smallest absolute Gasteiger partial charge is 0.292 e. The van der Waals surface area contributed by atoms with Gasteiger partial charge in [-0.3, -0.25) is 13.6 Å². The Balaban J connectivity index is 1.70. The van der Waals surface area contributed by atoms with E-state index in [0.717, 1.165) is 27.8 Å². The number of hydrogen-bond donors (Lipinski definition) is 0. The van der Waals surface area contributed by atoms with Crippen LogP contribution in [0.5, 0.6) is 0 Å². The lowest BCUT2D eigenvalue weighted by Gasteiger charge is -2.41. The summed E-state index contributed by atoms with van der Waals surface area (Å²) in [6.07, 6.45) is 0. The van der Waals surface area contributed by atoms with Gasteiger partial charge in [-0.15, -0.1) is 0 Å². The van der Waals surface area contributed by atoms with Crippen LogP contribution in [0.4, 0.5) is 0 Å². The fourth-order valence-electron chi connectivity index (χ4n) is 5.17. The van der Waals surface area contributed by atoms with Crippen LogP contribution in [0.15, 0.2) is 152 Å². The van der Waals surface area contributed by atoms with Crippen molar-refractivity contribution in [3.05, 3.63) is 179 Å². The Kier molecular flexibility index (Phi) is 8.19. The van der Waals surface area contributed by atoms with Crippen LogP contribution in [-0.4, -0.2) is 0 Å². The van der Waals surface area contributed by atoms with Gasteiger partial charge in [0.05, 0.1) is 5.66 Å². The third-order valence-corrected chi connectivity index (χ3v) is 10.2. The maximum atomic E-state index is 15.6. The normalized spacial score (nSPS) is 13.1. The van der Waals surface area contributed by atoms with Gasteiger partial charge in [0.15, 0.2) is 0 Å². The number of rotatable bonds is 10. The van der Waals surface area contributed by atoms with Gasteiger partial charge in [0.25, 0.3) is 0 Å². The molecule has 0 saturated carbocycles. The summed E-state index contributed by atoms with van der Waals surface area (Å²) in [5.74, 6) is 0. The molecule has 0 aliphatic carbocycles. The molecule has 0 spiro atoms. The van der Waals surface area contributed by atoms with Crippen LogP contribution in [0.2, 0.25) is 0 Å². The average Bonchev–Trinajstić information content (AvgIpc) is 3.02. The average molecular weight is 547 g/mol. The van der Waals surface area contributed by atoms with Crippen molar-refractivity contribution in [3.63, 3.8) is 0 Å². The number of hydrogen-bond acceptors (Lipinski definition) is 3. The Labute approximate surface area is 238 Å². The van der Waals surface area contributed by atoms with E-state index in [1.54, 1.807) is 0 Å². The fourth-order valence-corrected chi connectivity index (χ4v) is 7.50. The molecule has 0 saturated heterocycles. The van der Waals surface area contributed by atoms with E-state index in [4.69, 9.17) is 9.05 Å². The first-order chi connectivity index (χ1) is 19.4. The summed E-state index contributed by atoms with van der Waals surface area (Å²) in [4.78, 5) is 0.